The molecule has 0 aliphatic carbocycles. The molecule has 0 N–H and O–H groups in total. The van der Waals surface area contributed by atoms with E-state index in [1.807, 2.05) is 29.2 Å². The van der Waals surface area contributed by atoms with Crippen LogP contribution < -0.4 is 4.90 Å². The number of aryl methyl sites for hydroxylation is 1. The molecule has 23 heavy (non-hydrogen) atoms. The van der Waals surface area contributed by atoms with Crippen molar-refractivity contribution >= 4 is 34.2 Å². The van der Waals surface area contributed by atoms with Gasteiger partial charge in [-0.05, 0) is 71.8 Å². The van der Waals surface area contributed by atoms with Gasteiger partial charge in [0.2, 0.25) is 0 Å². The standard InChI is InChI=1S/C19H21IN2O/c1-14-5-3-8-18(15(14)2)21-9-11-22(12-10-21)19(23)16-6-4-7-17(20)13-16/h3-8,13H,9-12H2,1-2H3. The van der Waals surface area contributed by atoms with Gasteiger partial charge in [0.05, 0.1) is 0 Å². The minimum absolute atomic E-state index is 0.143. The van der Waals surface area contributed by atoms with Gasteiger partial charge >= 0.3 is 0 Å². The predicted octanol–water partition coefficient (Wildman–Crippen LogP) is 3.87. The van der Waals surface area contributed by atoms with Crippen molar-refractivity contribution in [3.05, 3.63) is 62.7 Å². The van der Waals surface area contributed by atoms with E-state index in [1.54, 1.807) is 0 Å². The van der Waals surface area contributed by atoms with E-state index < -0.39 is 0 Å². The molecule has 0 saturated carbocycles. The monoisotopic (exact) mass is 420 g/mol. The Balaban J connectivity index is 1.69. The van der Waals surface area contributed by atoms with Gasteiger partial charge in [0.25, 0.3) is 5.91 Å². The quantitative estimate of drug-likeness (QED) is 0.689. The third kappa shape index (κ3) is 3.52. The number of halogens is 1. The van der Waals surface area contributed by atoms with E-state index in [4.69, 9.17) is 0 Å². The van der Waals surface area contributed by atoms with Crippen LogP contribution in [0, 0.1) is 17.4 Å². The highest BCUT2D eigenvalue weighted by atomic mass is 127. The van der Waals surface area contributed by atoms with Crippen molar-refractivity contribution in [3.8, 4) is 0 Å². The van der Waals surface area contributed by atoms with Crippen molar-refractivity contribution in [2.45, 2.75) is 13.8 Å². The predicted molar refractivity (Wildman–Crippen MR) is 103 cm³/mol. The van der Waals surface area contributed by atoms with Crippen LogP contribution in [0.1, 0.15) is 21.5 Å². The molecule has 120 valence electrons. The lowest BCUT2D eigenvalue weighted by Gasteiger charge is -2.37. The van der Waals surface area contributed by atoms with E-state index in [0.717, 1.165) is 35.3 Å². The molecular formula is C19H21IN2O. The average Bonchev–Trinajstić information content (AvgIpc) is 2.57. The summed E-state index contributed by atoms with van der Waals surface area (Å²) in [6.45, 7) is 7.65. The summed E-state index contributed by atoms with van der Waals surface area (Å²) in [5.41, 5.74) is 4.74. The zero-order valence-electron chi connectivity index (χ0n) is 13.6. The number of carbonyl (C=O) groups is 1. The Morgan fingerprint density at radius 1 is 1.00 bits per heavy atom. The van der Waals surface area contributed by atoms with Gasteiger partial charge in [-0.3, -0.25) is 4.79 Å². The first-order valence-corrected chi connectivity index (χ1v) is 9.00. The number of piperazine rings is 1. The first-order valence-electron chi connectivity index (χ1n) is 7.92. The van der Waals surface area contributed by atoms with Crippen LogP contribution >= 0.6 is 22.6 Å². The molecule has 2 aromatic carbocycles. The largest absolute Gasteiger partial charge is 0.368 e. The summed E-state index contributed by atoms with van der Waals surface area (Å²) in [4.78, 5) is 17.0. The third-order valence-electron chi connectivity index (χ3n) is 4.56. The van der Waals surface area contributed by atoms with Crippen molar-refractivity contribution in [1.82, 2.24) is 4.90 Å². The molecule has 0 unspecified atom stereocenters. The number of carbonyl (C=O) groups excluding carboxylic acids is 1. The van der Waals surface area contributed by atoms with Crippen LogP contribution in [0.5, 0.6) is 0 Å². The molecule has 0 bridgehead atoms. The third-order valence-corrected chi connectivity index (χ3v) is 5.23. The minimum atomic E-state index is 0.143. The lowest BCUT2D eigenvalue weighted by atomic mass is 10.1. The Kier molecular flexibility index (Phi) is 4.90. The molecule has 1 amide bonds. The lowest BCUT2D eigenvalue weighted by Crippen LogP contribution is -2.49. The number of nitrogens with zero attached hydrogens (tertiary/aromatic N) is 2. The van der Waals surface area contributed by atoms with Gasteiger partial charge < -0.3 is 9.80 Å². The molecular weight excluding hydrogens is 399 g/mol. The molecule has 1 aliphatic heterocycles. The van der Waals surface area contributed by atoms with Crippen molar-refractivity contribution in [1.29, 1.82) is 0 Å². The van der Waals surface area contributed by atoms with Crippen LogP contribution in [-0.4, -0.2) is 37.0 Å². The number of hydrogen-bond donors (Lipinski definition) is 0. The molecule has 0 atom stereocenters. The number of hydrogen-bond acceptors (Lipinski definition) is 2. The lowest BCUT2D eigenvalue weighted by molar-refractivity contribution is 0.0746. The van der Waals surface area contributed by atoms with Crippen molar-refractivity contribution in [2.24, 2.45) is 0 Å². The topological polar surface area (TPSA) is 23.6 Å². The zero-order valence-corrected chi connectivity index (χ0v) is 15.7. The van der Waals surface area contributed by atoms with Gasteiger partial charge in [-0.2, -0.15) is 0 Å². The summed E-state index contributed by atoms with van der Waals surface area (Å²) in [5, 5.41) is 0. The van der Waals surface area contributed by atoms with Crippen LogP contribution in [0.4, 0.5) is 5.69 Å². The van der Waals surface area contributed by atoms with Gasteiger partial charge in [0.1, 0.15) is 0 Å². The van der Waals surface area contributed by atoms with Crippen LogP contribution in [0.3, 0.4) is 0 Å². The second-order valence-corrected chi connectivity index (χ2v) is 7.25. The van der Waals surface area contributed by atoms with Crippen LogP contribution in [0.25, 0.3) is 0 Å². The Morgan fingerprint density at radius 2 is 1.70 bits per heavy atom. The van der Waals surface area contributed by atoms with Crippen LogP contribution in [-0.2, 0) is 0 Å². The number of anilines is 1. The highest BCUT2D eigenvalue weighted by Crippen LogP contribution is 2.24. The first-order chi connectivity index (χ1) is 11.1. The maximum absolute atomic E-state index is 12.6. The molecule has 0 aromatic heterocycles. The van der Waals surface area contributed by atoms with E-state index in [2.05, 4.69) is 59.5 Å². The second kappa shape index (κ2) is 6.91. The highest BCUT2D eigenvalue weighted by molar-refractivity contribution is 14.1. The van der Waals surface area contributed by atoms with Gasteiger partial charge in [0, 0.05) is 41.0 Å². The van der Waals surface area contributed by atoms with E-state index in [9.17, 15) is 4.79 Å². The smallest absolute Gasteiger partial charge is 0.254 e. The van der Waals surface area contributed by atoms with Gasteiger partial charge in [-0.1, -0.05) is 18.2 Å². The number of rotatable bonds is 2. The number of amides is 1. The maximum Gasteiger partial charge on any atom is 0.254 e. The average molecular weight is 420 g/mol. The molecule has 1 fully saturated rings. The Labute approximate surface area is 151 Å². The Bertz CT molecular complexity index is 721. The summed E-state index contributed by atoms with van der Waals surface area (Å²) in [5.74, 6) is 0.143. The summed E-state index contributed by atoms with van der Waals surface area (Å²) >= 11 is 2.25. The zero-order chi connectivity index (χ0) is 16.4. The van der Waals surface area contributed by atoms with Gasteiger partial charge in [-0.15, -0.1) is 0 Å². The second-order valence-electron chi connectivity index (χ2n) is 6.01. The molecule has 2 aromatic rings. The fourth-order valence-corrected chi connectivity index (χ4v) is 3.58. The van der Waals surface area contributed by atoms with Crippen molar-refractivity contribution < 1.29 is 4.79 Å². The Hall–Kier alpha value is -1.56. The molecule has 0 spiro atoms. The van der Waals surface area contributed by atoms with E-state index >= 15 is 0 Å². The van der Waals surface area contributed by atoms with Crippen LogP contribution in [0.2, 0.25) is 0 Å². The maximum atomic E-state index is 12.6. The summed E-state index contributed by atoms with van der Waals surface area (Å²) < 4.78 is 1.10. The summed E-state index contributed by atoms with van der Waals surface area (Å²) in [7, 11) is 0. The molecule has 1 saturated heterocycles. The van der Waals surface area contributed by atoms with Gasteiger partial charge in [-0.25, -0.2) is 0 Å². The van der Waals surface area contributed by atoms with Crippen LogP contribution in [0.15, 0.2) is 42.5 Å². The van der Waals surface area contributed by atoms with Crippen molar-refractivity contribution in [3.63, 3.8) is 0 Å². The fourth-order valence-electron chi connectivity index (χ4n) is 3.03. The number of benzene rings is 2. The molecule has 4 heteroatoms. The minimum Gasteiger partial charge on any atom is -0.368 e. The van der Waals surface area contributed by atoms with Gasteiger partial charge in [0.15, 0.2) is 0 Å². The molecule has 3 nitrogen and oxygen atoms in total. The van der Waals surface area contributed by atoms with E-state index in [0.29, 0.717) is 0 Å². The normalized spacial score (nSPS) is 14.9. The van der Waals surface area contributed by atoms with Crippen molar-refractivity contribution in [2.75, 3.05) is 31.1 Å². The Morgan fingerprint density at radius 3 is 2.39 bits per heavy atom. The van der Waals surface area contributed by atoms with E-state index in [1.165, 1.54) is 16.8 Å². The summed E-state index contributed by atoms with van der Waals surface area (Å²) in [6.07, 6.45) is 0. The van der Waals surface area contributed by atoms with E-state index in [-0.39, 0.29) is 5.91 Å². The molecule has 3 rings (SSSR count). The molecule has 1 aliphatic rings. The molecule has 1 heterocycles. The molecule has 0 radical (unpaired) electrons. The summed E-state index contributed by atoms with van der Waals surface area (Å²) in [6, 6.07) is 14.3. The SMILES string of the molecule is Cc1cccc(N2CCN(C(=O)c3cccc(I)c3)CC2)c1C. The fraction of sp³-hybridized carbons (Fsp3) is 0.316. The first kappa shape index (κ1) is 16.3. The highest BCUT2D eigenvalue weighted by Gasteiger charge is 2.23.